The number of nitrogens with zero attached hydrogens (tertiary/aromatic N) is 3. The molecule has 5 heteroatoms. The maximum absolute atomic E-state index is 6.25. The molecule has 0 N–H and O–H groups in total. The van der Waals surface area contributed by atoms with Gasteiger partial charge in [-0.25, -0.2) is 9.97 Å². The summed E-state index contributed by atoms with van der Waals surface area (Å²) in [6, 6.07) is 4.50. The SMILES string of the molecule is CCCc1nc(Cl)c(C)c(N(C)C(C)c2cccs2)n1. The number of thiophene rings is 1. The van der Waals surface area contributed by atoms with Gasteiger partial charge in [-0.1, -0.05) is 24.6 Å². The molecular formula is C15H20ClN3S. The molecule has 0 aromatic carbocycles. The van der Waals surface area contributed by atoms with E-state index in [0.29, 0.717) is 5.15 Å². The van der Waals surface area contributed by atoms with E-state index in [4.69, 9.17) is 11.6 Å². The van der Waals surface area contributed by atoms with E-state index in [1.807, 2.05) is 6.92 Å². The van der Waals surface area contributed by atoms with Gasteiger partial charge in [0.2, 0.25) is 0 Å². The van der Waals surface area contributed by atoms with Gasteiger partial charge in [0, 0.05) is 23.9 Å². The molecular weight excluding hydrogens is 290 g/mol. The van der Waals surface area contributed by atoms with E-state index in [2.05, 4.69) is 53.3 Å². The Morgan fingerprint density at radius 1 is 1.40 bits per heavy atom. The van der Waals surface area contributed by atoms with Crippen LogP contribution in [0.25, 0.3) is 0 Å². The Morgan fingerprint density at radius 2 is 2.15 bits per heavy atom. The average molecular weight is 310 g/mol. The molecule has 0 bridgehead atoms. The zero-order chi connectivity index (χ0) is 14.7. The monoisotopic (exact) mass is 309 g/mol. The molecule has 0 aliphatic heterocycles. The highest BCUT2D eigenvalue weighted by atomic mass is 35.5. The third kappa shape index (κ3) is 3.13. The second-order valence-corrected chi connectivity index (χ2v) is 6.27. The smallest absolute Gasteiger partial charge is 0.137 e. The Balaban J connectivity index is 2.35. The highest BCUT2D eigenvalue weighted by Crippen LogP contribution is 2.31. The van der Waals surface area contributed by atoms with E-state index in [0.717, 1.165) is 30.0 Å². The van der Waals surface area contributed by atoms with Crippen LogP contribution >= 0.6 is 22.9 Å². The first-order chi connectivity index (χ1) is 9.54. The maximum Gasteiger partial charge on any atom is 0.137 e. The van der Waals surface area contributed by atoms with Crippen LogP contribution < -0.4 is 4.90 Å². The predicted molar refractivity (Wildman–Crippen MR) is 86.9 cm³/mol. The summed E-state index contributed by atoms with van der Waals surface area (Å²) in [7, 11) is 2.06. The predicted octanol–water partition coefficient (Wildman–Crippen LogP) is 4.65. The number of rotatable bonds is 5. The first-order valence-electron chi connectivity index (χ1n) is 6.83. The largest absolute Gasteiger partial charge is 0.352 e. The average Bonchev–Trinajstić information content (AvgIpc) is 2.95. The third-order valence-electron chi connectivity index (χ3n) is 3.45. The molecule has 1 unspecified atom stereocenters. The summed E-state index contributed by atoms with van der Waals surface area (Å²) in [6.07, 6.45) is 1.87. The van der Waals surface area contributed by atoms with Gasteiger partial charge in [0.25, 0.3) is 0 Å². The molecule has 0 aliphatic rings. The van der Waals surface area contributed by atoms with E-state index in [1.54, 1.807) is 11.3 Å². The molecule has 20 heavy (non-hydrogen) atoms. The maximum atomic E-state index is 6.25. The minimum atomic E-state index is 0.272. The van der Waals surface area contributed by atoms with E-state index >= 15 is 0 Å². The van der Waals surface area contributed by atoms with Gasteiger partial charge in [0.1, 0.15) is 16.8 Å². The van der Waals surface area contributed by atoms with Gasteiger partial charge in [-0.15, -0.1) is 11.3 Å². The summed E-state index contributed by atoms with van der Waals surface area (Å²) in [5.74, 6) is 1.75. The van der Waals surface area contributed by atoms with Crippen LogP contribution in [0.15, 0.2) is 17.5 Å². The Labute approximate surface area is 129 Å². The fraction of sp³-hybridized carbons (Fsp3) is 0.467. The first kappa shape index (κ1) is 15.3. The van der Waals surface area contributed by atoms with Crippen LogP contribution in [0.2, 0.25) is 5.15 Å². The van der Waals surface area contributed by atoms with Crippen LogP contribution in [0.4, 0.5) is 5.82 Å². The summed E-state index contributed by atoms with van der Waals surface area (Å²) >= 11 is 8.01. The van der Waals surface area contributed by atoms with Gasteiger partial charge < -0.3 is 4.90 Å². The van der Waals surface area contributed by atoms with Crippen molar-refractivity contribution in [3.05, 3.63) is 38.9 Å². The second kappa shape index (κ2) is 6.55. The molecule has 3 nitrogen and oxygen atoms in total. The number of halogens is 1. The molecule has 2 rings (SSSR count). The van der Waals surface area contributed by atoms with Gasteiger partial charge in [0.05, 0.1) is 6.04 Å². The molecule has 0 spiro atoms. The van der Waals surface area contributed by atoms with Crippen LogP contribution in [0.5, 0.6) is 0 Å². The third-order valence-corrected chi connectivity index (χ3v) is 4.86. The number of aromatic nitrogens is 2. The van der Waals surface area contributed by atoms with Crippen molar-refractivity contribution in [2.45, 2.75) is 39.7 Å². The Morgan fingerprint density at radius 3 is 2.75 bits per heavy atom. The van der Waals surface area contributed by atoms with Gasteiger partial charge in [-0.05, 0) is 31.7 Å². The van der Waals surface area contributed by atoms with Crippen molar-refractivity contribution in [1.82, 2.24) is 9.97 Å². The van der Waals surface area contributed by atoms with Crippen molar-refractivity contribution >= 4 is 28.8 Å². The van der Waals surface area contributed by atoms with Crippen LogP contribution in [0.1, 0.15) is 42.6 Å². The van der Waals surface area contributed by atoms with Gasteiger partial charge in [-0.2, -0.15) is 0 Å². The minimum absolute atomic E-state index is 0.272. The van der Waals surface area contributed by atoms with Crippen molar-refractivity contribution in [1.29, 1.82) is 0 Å². The molecule has 1 atom stereocenters. The Kier molecular flexibility index (Phi) is 5.00. The lowest BCUT2D eigenvalue weighted by atomic mass is 10.2. The number of anilines is 1. The minimum Gasteiger partial charge on any atom is -0.352 e. The lowest BCUT2D eigenvalue weighted by Gasteiger charge is -2.27. The van der Waals surface area contributed by atoms with Crippen molar-refractivity contribution in [2.24, 2.45) is 0 Å². The topological polar surface area (TPSA) is 29.0 Å². The summed E-state index contributed by atoms with van der Waals surface area (Å²) in [5.41, 5.74) is 0.942. The molecule has 0 aliphatic carbocycles. The quantitative estimate of drug-likeness (QED) is 0.753. The second-order valence-electron chi connectivity index (χ2n) is 4.93. The molecule has 0 saturated heterocycles. The molecule has 2 heterocycles. The van der Waals surface area contributed by atoms with Gasteiger partial charge in [-0.3, -0.25) is 0 Å². The lowest BCUT2D eigenvalue weighted by molar-refractivity contribution is 0.725. The van der Waals surface area contributed by atoms with Gasteiger partial charge in [0.15, 0.2) is 0 Å². The van der Waals surface area contributed by atoms with E-state index in [9.17, 15) is 0 Å². The number of aryl methyl sites for hydroxylation is 1. The van der Waals surface area contributed by atoms with E-state index in [1.165, 1.54) is 4.88 Å². The molecule has 0 saturated carbocycles. The van der Waals surface area contributed by atoms with Gasteiger partial charge >= 0.3 is 0 Å². The highest BCUT2D eigenvalue weighted by Gasteiger charge is 2.19. The van der Waals surface area contributed by atoms with Crippen LogP contribution in [0, 0.1) is 6.92 Å². The fourth-order valence-corrected chi connectivity index (χ4v) is 3.11. The lowest BCUT2D eigenvalue weighted by Crippen LogP contribution is -2.23. The Bertz CT molecular complexity index is 569. The van der Waals surface area contributed by atoms with Crippen LogP contribution in [-0.2, 0) is 6.42 Å². The molecule has 0 amide bonds. The van der Waals surface area contributed by atoms with Crippen molar-refractivity contribution in [2.75, 3.05) is 11.9 Å². The summed E-state index contributed by atoms with van der Waals surface area (Å²) in [4.78, 5) is 12.5. The highest BCUT2D eigenvalue weighted by molar-refractivity contribution is 7.10. The number of hydrogen-bond acceptors (Lipinski definition) is 4. The molecule has 2 aromatic heterocycles. The molecule has 2 aromatic rings. The molecule has 108 valence electrons. The van der Waals surface area contributed by atoms with Crippen molar-refractivity contribution in [3.63, 3.8) is 0 Å². The normalized spacial score (nSPS) is 12.4. The molecule has 0 radical (unpaired) electrons. The van der Waals surface area contributed by atoms with E-state index < -0.39 is 0 Å². The Hall–Kier alpha value is -1.13. The fourth-order valence-electron chi connectivity index (χ4n) is 2.10. The number of hydrogen-bond donors (Lipinski definition) is 0. The zero-order valence-corrected chi connectivity index (χ0v) is 13.9. The molecule has 0 fully saturated rings. The first-order valence-corrected chi connectivity index (χ1v) is 8.09. The summed E-state index contributed by atoms with van der Waals surface area (Å²) in [6.45, 7) is 6.28. The van der Waals surface area contributed by atoms with Crippen molar-refractivity contribution < 1.29 is 0 Å². The van der Waals surface area contributed by atoms with Crippen molar-refractivity contribution in [3.8, 4) is 0 Å². The van der Waals surface area contributed by atoms with Crippen LogP contribution in [0.3, 0.4) is 0 Å². The standard InChI is InChI=1S/C15H20ClN3S/c1-5-7-13-17-14(16)10(2)15(18-13)19(4)11(3)12-8-6-9-20-12/h6,8-9,11H,5,7H2,1-4H3. The van der Waals surface area contributed by atoms with E-state index in [-0.39, 0.29) is 6.04 Å². The van der Waals surface area contributed by atoms with Crippen LogP contribution in [-0.4, -0.2) is 17.0 Å². The summed E-state index contributed by atoms with van der Waals surface area (Å²) < 4.78 is 0. The summed E-state index contributed by atoms with van der Waals surface area (Å²) in [5, 5.41) is 2.66. The zero-order valence-electron chi connectivity index (χ0n) is 12.4.